The molecular formula is C18H38N2. The van der Waals surface area contributed by atoms with Crippen molar-refractivity contribution in [1.82, 2.24) is 9.80 Å². The van der Waals surface area contributed by atoms with Crippen molar-refractivity contribution < 1.29 is 0 Å². The Morgan fingerprint density at radius 2 is 0.800 bits per heavy atom. The van der Waals surface area contributed by atoms with Gasteiger partial charge in [0, 0.05) is 13.1 Å². The molecule has 0 radical (unpaired) electrons. The van der Waals surface area contributed by atoms with Crippen LogP contribution in [-0.4, -0.2) is 49.1 Å². The summed E-state index contributed by atoms with van der Waals surface area (Å²) in [7, 11) is 0. The Labute approximate surface area is 127 Å². The number of hydrogen-bond donors (Lipinski definition) is 0. The normalized spacial score (nSPS) is 21.9. The molecule has 2 heterocycles. The van der Waals surface area contributed by atoms with Gasteiger partial charge in [0.25, 0.3) is 0 Å². The highest BCUT2D eigenvalue weighted by Crippen LogP contribution is 2.19. The molecule has 0 unspecified atom stereocenters. The minimum Gasteiger partial charge on any atom is -0.303 e. The molecule has 0 bridgehead atoms. The molecule has 120 valence electrons. The van der Waals surface area contributed by atoms with Crippen LogP contribution < -0.4 is 0 Å². The van der Waals surface area contributed by atoms with E-state index in [2.05, 4.69) is 51.3 Å². The molecule has 2 nitrogen and oxygen atoms in total. The van der Waals surface area contributed by atoms with E-state index in [4.69, 9.17) is 0 Å². The first-order valence-electron chi connectivity index (χ1n) is 8.60. The molecule has 2 rings (SSSR count). The van der Waals surface area contributed by atoms with Gasteiger partial charge in [0.2, 0.25) is 0 Å². The molecule has 0 aromatic heterocycles. The third kappa shape index (κ3) is 8.97. The zero-order valence-corrected chi connectivity index (χ0v) is 15.0. The van der Waals surface area contributed by atoms with Crippen molar-refractivity contribution in [3.63, 3.8) is 0 Å². The van der Waals surface area contributed by atoms with E-state index in [1.807, 2.05) is 0 Å². The number of rotatable bonds is 2. The van der Waals surface area contributed by atoms with Gasteiger partial charge in [-0.15, -0.1) is 0 Å². The Bertz CT molecular complexity index is 220. The molecule has 0 spiro atoms. The summed E-state index contributed by atoms with van der Waals surface area (Å²) in [6, 6.07) is 0. The van der Waals surface area contributed by atoms with Crippen molar-refractivity contribution in [2.75, 3.05) is 39.3 Å². The average molecular weight is 283 g/mol. The molecule has 2 fully saturated rings. The average Bonchev–Trinajstić information content (AvgIpc) is 2.87. The molecule has 0 aliphatic carbocycles. The molecule has 20 heavy (non-hydrogen) atoms. The first kappa shape index (κ1) is 18.0. The molecule has 0 amide bonds. The fourth-order valence-electron chi connectivity index (χ4n) is 3.22. The number of nitrogens with zero attached hydrogens (tertiary/aromatic N) is 2. The van der Waals surface area contributed by atoms with Crippen LogP contribution in [0.15, 0.2) is 0 Å². The highest BCUT2D eigenvalue weighted by molar-refractivity contribution is 4.73. The number of hydrogen-bond acceptors (Lipinski definition) is 2. The van der Waals surface area contributed by atoms with Crippen molar-refractivity contribution in [2.24, 2.45) is 10.8 Å². The van der Waals surface area contributed by atoms with Crippen LogP contribution in [0.4, 0.5) is 0 Å². The lowest BCUT2D eigenvalue weighted by Crippen LogP contribution is -2.29. The number of likely N-dealkylation sites (tertiary alicyclic amines) is 2. The van der Waals surface area contributed by atoms with Gasteiger partial charge in [-0.05, 0) is 62.7 Å². The van der Waals surface area contributed by atoms with Crippen molar-refractivity contribution in [3.05, 3.63) is 0 Å². The van der Waals surface area contributed by atoms with E-state index in [0.29, 0.717) is 10.8 Å². The van der Waals surface area contributed by atoms with Gasteiger partial charge < -0.3 is 9.80 Å². The largest absolute Gasteiger partial charge is 0.303 e. The Kier molecular flexibility index (Phi) is 7.00. The van der Waals surface area contributed by atoms with Crippen molar-refractivity contribution in [1.29, 1.82) is 0 Å². The molecule has 0 N–H and O–H groups in total. The van der Waals surface area contributed by atoms with Crippen LogP contribution in [0.3, 0.4) is 0 Å². The lowest BCUT2D eigenvalue weighted by atomic mass is 9.96. The Morgan fingerprint density at radius 1 is 0.550 bits per heavy atom. The van der Waals surface area contributed by atoms with Crippen LogP contribution in [-0.2, 0) is 0 Å². The first-order chi connectivity index (χ1) is 9.16. The van der Waals surface area contributed by atoms with Crippen molar-refractivity contribution in [2.45, 2.75) is 67.2 Å². The summed E-state index contributed by atoms with van der Waals surface area (Å²) in [6.07, 6.45) is 5.65. The minimum atomic E-state index is 0.490. The standard InChI is InChI=1S/2C9H19N/c2*1-9(2,3)8-10-6-4-5-7-10/h2*4-8H2,1-3H3. The predicted octanol–water partition coefficient (Wildman–Crippen LogP) is 4.26. The van der Waals surface area contributed by atoms with E-state index >= 15 is 0 Å². The maximum absolute atomic E-state index is 2.57. The van der Waals surface area contributed by atoms with E-state index < -0.39 is 0 Å². The van der Waals surface area contributed by atoms with Crippen molar-refractivity contribution >= 4 is 0 Å². The Balaban J connectivity index is 0.000000200. The quantitative estimate of drug-likeness (QED) is 0.747. The van der Waals surface area contributed by atoms with Crippen molar-refractivity contribution in [3.8, 4) is 0 Å². The van der Waals surface area contributed by atoms with Crippen LogP contribution in [0.1, 0.15) is 67.2 Å². The summed E-state index contributed by atoms with van der Waals surface area (Å²) in [6.45, 7) is 21.7. The van der Waals surface area contributed by atoms with Gasteiger partial charge in [-0.2, -0.15) is 0 Å². The predicted molar refractivity (Wildman–Crippen MR) is 90.3 cm³/mol. The van der Waals surface area contributed by atoms with E-state index in [1.54, 1.807) is 0 Å². The highest BCUT2D eigenvalue weighted by atomic mass is 15.1. The van der Waals surface area contributed by atoms with Crippen LogP contribution in [0.5, 0.6) is 0 Å². The van der Waals surface area contributed by atoms with E-state index in [9.17, 15) is 0 Å². The van der Waals surface area contributed by atoms with Gasteiger partial charge >= 0.3 is 0 Å². The minimum absolute atomic E-state index is 0.490. The lowest BCUT2D eigenvalue weighted by molar-refractivity contribution is 0.227. The molecule has 2 aliphatic rings. The molecule has 0 aromatic carbocycles. The molecule has 2 aliphatic heterocycles. The summed E-state index contributed by atoms with van der Waals surface area (Å²) >= 11 is 0. The first-order valence-corrected chi connectivity index (χ1v) is 8.60. The summed E-state index contributed by atoms with van der Waals surface area (Å²) in [4.78, 5) is 5.14. The van der Waals surface area contributed by atoms with Gasteiger partial charge in [-0.3, -0.25) is 0 Å². The Hall–Kier alpha value is -0.0800. The zero-order valence-electron chi connectivity index (χ0n) is 15.0. The lowest BCUT2D eigenvalue weighted by Gasteiger charge is -2.25. The van der Waals surface area contributed by atoms with E-state index in [0.717, 1.165) is 0 Å². The third-order valence-corrected chi connectivity index (χ3v) is 3.79. The molecular weight excluding hydrogens is 244 g/mol. The maximum Gasteiger partial charge on any atom is 0.00300 e. The SMILES string of the molecule is CC(C)(C)CN1CCCC1.CC(C)(C)CN1CCCC1. The highest BCUT2D eigenvalue weighted by Gasteiger charge is 2.19. The molecule has 0 saturated carbocycles. The third-order valence-electron chi connectivity index (χ3n) is 3.79. The zero-order chi connectivity index (χ0) is 15.2. The van der Waals surface area contributed by atoms with Crippen LogP contribution in [0.25, 0.3) is 0 Å². The second-order valence-electron chi connectivity index (χ2n) is 9.09. The van der Waals surface area contributed by atoms with Crippen LogP contribution in [0, 0.1) is 10.8 Å². The summed E-state index contributed by atoms with van der Waals surface area (Å²) in [5.74, 6) is 0. The fraction of sp³-hybridized carbons (Fsp3) is 1.00. The molecule has 0 aromatic rings. The second-order valence-corrected chi connectivity index (χ2v) is 9.09. The fourth-order valence-corrected chi connectivity index (χ4v) is 3.22. The van der Waals surface area contributed by atoms with Gasteiger partial charge in [-0.25, -0.2) is 0 Å². The van der Waals surface area contributed by atoms with Crippen LogP contribution >= 0.6 is 0 Å². The molecule has 2 heteroatoms. The van der Waals surface area contributed by atoms with Gasteiger partial charge in [0.05, 0.1) is 0 Å². The smallest absolute Gasteiger partial charge is 0.00300 e. The topological polar surface area (TPSA) is 6.48 Å². The Morgan fingerprint density at radius 3 is 1.00 bits per heavy atom. The summed E-state index contributed by atoms with van der Waals surface area (Å²) in [5, 5.41) is 0. The van der Waals surface area contributed by atoms with E-state index in [-0.39, 0.29) is 0 Å². The second kappa shape index (κ2) is 7.79. The van der Waals surface area contributed by atoms with Gasteiger partial charge in [0.15, 0.2) is 0 Å². The summed E-state index contributed by atoms with van der Waals surface area (Å²) in [5.41, 5.74) is 0.981. The monoisotopic (exact) mass is 282 g/mol. The molecule has 2 saturated heterocycles. The molecule has 0 atom stereocenters. The summed E-state index contributed by atoms with van der Waals surface area (Å²) < 4.78 is 0. The van der Waals surface area contributed by atoms with Crippen LogP contribution in [0.2, 0.25) is 0 Å². The van der Waals surface area contributed by atoms with Gasteiger partial charge in [0.1, 0.15) is 0 Å². The maximum atomic E-state index is 2.57. The van der Waals surface area contributed by atoms with Gasteiger partial charge in [-0.1, -0.05) is 41.5 Å². The van der Waals surface area contributed by atoms with E-state index in [1.165, 1.54) is 65.0 Å².